The Morgan fingerprint density at radius 2 is 1.88 bits per heavy atom. The number of carbonyl (C=O) groups excluding carboxylic acids is 3. The van der Waals surface area contributed by atoms with Gasteiger partial charge in [-0.3, -0.25) is 19.1 Å². The van der Waals surface area contributed by atoms with Gasteiger partial charge in [-0.15, -0.1) is 0 Å². The smallest absolute Gasteiger partial charge is 0.383 e. The molecule has 4 heterocycles. The lowest BCUT2D eigenvalue weighted by molar-refractivity contribution is -0.137. The van der Waals surface area contributed by atoms with Crippen LogP contribution in [-0.2, 0) is 15.8 Å². The molecule has 4 N–H and O–H groups in total. The molecule has 1 aromatic carbocycles. The molecule has 3 aromatic heterocycles. The van der Waals surface area contributed by atoms with Gasteiger partial charge in [0.05, 0.1) is 22.5 Å². The number of pyridine rings is 2. The number of amides is 3. The van der Waals surface area contributed by atoms with Gasteiger partial charge in [0.2, 0.25) is 11.8 Å². The van der Waals surface area contributed by atoms with Crippen LogP contribution in [0.25, 0.3) is 28.2 Å². The van der Waals surface area contributed by atoms with Crippen LogP contribution in [0.4, 0.5) is 24.8 Å². The second kappa shape index (κ2) is 13.5. The van der Waals surface area contributed by atoms with E-state index >= 15 is 0 Å². The fourth-order valence-electron chi connectivity index (χ4n) is 6.37. The molecule has 1 aliphatic carbocycles. The van der Waals surface area contributed by atoms with Gasteiger partial charge < -0.3 is 21.3 Å². The summed E-state index contributed by atoms with van der Waals surface area (Å²) in [4.78, 5) is 48.0. The van der Waals surface area contributed by atoms with Gasteiger partial charge in [0.15, 0.2) is 0 Å². The molecule has 2 aliphatic rings. The Kier molecular flexibility index (Phi) is 9.16. The number of nitrogens with zero attached hydrogens (tertiary/aromatic N) is 5. The maximum Gasteiger partial charge on any atom is 0.416 e. The largest absolute Gasteiger partial charge is 0.416 e. The zero-order chi connectivity index (χ0) is 34.0. The minimum Gasteiger partial charge on any atom is -0.383 e. The molecular formula is C34H35F3N8O3. The lowest BCUT2D eigenvalue weighted by Crippen LogP contribution is -2.41. The van der Waals surface area contributed by atoms with E-state index < -0.39 is 17.6 Å². The van der Waals surface area contributed by atoms with Crippen molar-refractivity contribution in [3.8, 4) is 11.3 Å². The second-order valence-electron chi connectivity index (χ2n) is 12.1. The summed E-state index contributed by atoms with van der Waals surface area (Å²) in [6.45, 7) is 2.32. The molecule has 1 fully saturated rings. The first-order valence-corrected chi connectivity index (χ1v) is 15.8. The summed E-state index contributed by atoms with van der Waals surface area (Å²) < 4.78 is 41.4. The summed E-state index contributed by atoms with van der Waals surface area (Å²) in [5.74, 6) is -0.741. The van der Waals surface area contributed by atoms with Crippen LogP contribution in [0.5, 0.6) is 0 Å². The zero-order valence-corrected chi connectivity index (χ0v) is 26.3. The number of carbonyl (C=O) groups is 3. The molecule has 4 aromatic rings. The highest BCUT2D eigenvalue weighted by molar-refractivity contribution is 6.06. The van der Waals surface area contributed by atoms with Crippen molar-refractivity contribution in [1.29, 1.82) is 0 Å². The molecule has 11 nitrogen and oxygen atoms in total. The average Bonchev–Trinajstić information content (AvgIpc) is 3.46. The highest BCUT2D eigenvalue weighted by Crippen LogP contribution is 2.39. The molecule has 1 saturated carbocycles. The number of fused-ring (bicyclic) bond motifs is 3. The van der Waals surface area contributed by atoms with Crippen LogP contribution in [0, 0.1) is 0 Å². The van der Waals surface area contributed by atoms with Crippen molar-refractivity contribution < 1.29 is 27.6 Å². The van der Waals surface area contributed by atoms with Crippen LogP contribution < -0.4 is 16.4 Å². The molecular weight excluding hydrogens is 625 g/mol. The van der Waals surface area contributed by atoms with Gasteiger partial charge in [0.1, 0.15) is 17.3 Å². The third-order valence-electron chi connectivity index (χ3n) is 8.81. The molecule has 3 amide bonds. The number of rotatable bonds is 3. The predicted octanol–water partition coefficient (Wildman–Crippen LogP) is 5.60. The number of nitrogen functional groups attached to an aromatic ring is 1. The van der Waals surface area contributed by atoms with Crippen molar-refractivity contribution in [2.75, 3.05) is 24.1 Å². The number of alkyl halides is 3. The highest BCUT2D eigenvalue weighted by Gasteiger charge is 2.31. The summed E-state index contributed by atoms with van der Waals surface area (Å²) in [7, 11) is 0. The third-order valence-corrected chi connectivity index (χ3v) is 8.81. The molecule has 48 heavy (non-hydrogen) atoms. The van der Waals surface area contributed by atoms with E-state index in [1.54, 1.807) is 35.4 Å². The Hall–Kier alpha value is -5.27. The van der Waals surface area contributed by atoms with Crippen LogP contribution in [0.15, 0.2) is 54.9 Å². The van der Waals surface area contributed by atoms with Crippen LogP contribution in [0.2, 0.25) is 0 Å². The van der Waals surface area contributed by atoms with Gasteiger partial charge in [0, 0.05) is 61.6 Å². The number of hydrogen-bond donors (Lipinski definition) is 3. The summed E-state index contributed by atoms with van der Waals surface area (Å²) >= 11 is 0. The molecule has 2 bridgehead atoms. The summed E-state index contributed by atoms with van der Waals surface area (Å²) in [6, 6.07) is 8.03. The molecule has 1 aliphatic heterocycles. The lowest BCUT2D eigenvalue weighted by atomic mass is 9.90. The number of nitrogens with one attached hydrogen (secondary N) is 2. The maximum atomic E-state index is 13.1. The number of nitrogens with two attached hydrogens (primary N) is 1. The molecule has 0 unspecified atom stereocenters. The highest BCUT2D eigenvalue weighted by atomic mass is 19.4. The van der Waals surface area contributed by atoms with E-state index in [2.05, 4.69) is 20.6 Å². The van der Waals surface area contributed by atoms with Crippen LogP contribution in [0.1, 0.15) is 73.0 Å². The van der Waals surface area contributed by atoms with E-state index in [4.69, 9.17) is 10.8 Å². The van der Waals surface area contributed by atoms with E-state index in [1.807, 2.05) is 16.8 Å². The first-order valence-electron chi connectivity index (χ1n) is 15.8. The Bertz CT molecular complexity index is 1890. The molecule has 250 valence electrons. The van der Waals surface area contributed by atoms with Crippen molar-refractivity contribution >= 4 is 46.3 Å². The standard InChI is InChI=1S/C34H35F3N8O3/c1-20(46)44-15-3-2-5-23-19-40-32(38)29-30(43-45(31(23)29)26-7-4-6-25(18-26)41-28(47)13-16-44)21-8-10-22(11-9-21)33(48)42-27-17-24(12-14-39-27)34(35,36)37/h2,5,8-12,14,17,19,25-26H,3-4,6-7,13,15-16,18H2,1H3,(H2,38,40)(H,41,47)(H,39,42,48)/b5-2+/t25-,26-/m1/s1. The van der Waals surface area contributed by atoms with Crippen molar-refractivity contribution in [1.82, 2.24) is 30.0 Å². The molecule has 0 spiro atoms. The van der Waals surface area contributed by atoms with Gasteiger partial charge in [-0.2, -0.15) is 18.3 Å². The third kappa shape index (κ3) is 7.02. The molecule has 0 radical (unpaired) electrons. The number of anilines is 2. The fraction of sp³-hybridized carbons (Fsp3) is 0.353. The lowest BCUT2D eigenvalue weighted by Gasteiger charge is -2.31. The van der Waals surface area contributed by atoms with E-state index in [1.165, 1.54) is 6.92 Å². The molecule has 6 rings (SSSR count). The Morgan fingerprint density at radius 1 is 1.08 bits per heavy atom. The van der Waals surface area contributed by atoms with Crippen molar-refractivity contribution in [2.45, 2.75) is 63.7 Å². The van der Waals surface area contributed by atoms with Gasteiger partial charge >= 0.3 is 6.18 Å². The topological polar surface area (TPSA) is 148 Å². The van der Waals surface area contributed by atoms with Crippen LogP contribution in [-0.4, -0.2) is 61.5 Å². The van der Waals surface area contributed by atoms with E-state index in [9.17, 15) is 27.6 Å². The Labute approximate surface area is 274 Å². The summed E-state index contributed by atoms with van der Waals surface area (Å²) in [5.41, 5.74) is 8.62. The minimum absolute atomic E-state index is 0.0434. The van der Waals surface area contributed by atoms with Crippen molar-refractivity contribution in [3.05, 3.63) is 71.6 Å². The van der Waals surface area contributed by atoms with Crippen LogP contribution in [0.3, 0.4) is 0 Å². The van der Waals surface area contributed by atoms with Gasteiger partial charge in [-0.25, -0.2) is 9.97 Å². The minimum atomic E-state index is -4.57. The van der Waals surface area contributed by atoms with Crippen molar-refractivity contribution in [2.24, 2.45) is 0 Å². The second-order valence-corrected chi connectivity index (χ2v) is 12.1. The number of benzene rings is 1. The predicted molar refractivity (Wildman–Crippen MR) is 175 cm³/mol. The maximum absolute atomic E-state index is 13.1. The fourth-order valence-corrected chi connectivity index (χ4v) is 6.37. The monoisotopic (exact) mass is 660 g/mol. The summed E-state index contributed by atoms with van der Waals surface area (Å²) in [6.07, 6.45) is 6.05. The molecule has 2 atom stereocenters. The normalized spacial score (nSPS) is 19.6. The van der Waals surface area contributed by atoms with E-state index in [-0.39, 0.29) is 47.5 Å². The van der Waals surface area contributed by atoms with E-state index in [0.717, 1.165) is 48.7 Å². The number of halogens is 3. The first kappa shape index (κ1) is 32.7. The average molecular weight is 661 g/mol. The summed E-state index contributed by atoms with van der Waals surface area (Å²) in [5, 5.41) is 11.3. The van der Waals surface area contributed by atoms with Crippen LogP contribution >= 0.6 is 0 Å². The Balaban J connectivity index is 1.36. The van der Waals surface area contributed by atoms with Gasteiger partial charge in [-0.05, 0) is 56.4 Å². The Morgan fingerprint density at radius 3 is 2.62 bits per heavy atom. The van der Waals surface area contributed by atoms with E-state index in [0.29, 0.717) is 42.6 Å². The molecule has 0 saturated heterocycles. The zero-order valence-electron chi connectivity index (χ0n) is 26.3. The SMILES string of the molecule is CC(=O)N1CC/C=C/c2cnc(N)c3c(-c4ccc(C(=O)Nc5cc(C(F)(F)F)ccn5)cc4)nn(c23)[C@@H]2CCC[C@H](C2)NC(=O)CC1. The quantitative estimate of drug-likeness (QED) is 0.259. The number of hydrogen-bond acceptors (Lipinski definition) is 7. The molecule has 14 heteroatoms. The van der Waals surface area contributed by atoms with Gasteiger partial charge in [0.25, 0.3) is 5.91 Å². The first-order chi connectivity index (χ1) is 23.0. The van der Waals surface area contributed by atoms with Gasteiger partial charge in [-0.1, -0.05) is 24.3 Å². The number of aromatic nitrogens is 4. The van der Waals surface area contributed by atoms with Crippen molar-refractivity contribution in [3.63, 3.8) is 0 Å².